The Labute approximate surface area is 129 Å². The van der Waals surface area contributed by atoms with E-state index in [0.717, 1.165) is 44.2 Å². The lowest BCUT2D eigenvalue weighted by molar-refractivity contribution is 0.392. The van der Waals surface area contributed by atoms with E-state index in [2.05, 4.69) is 30.7 Å². The zero-order valence-electron chi connectivity index (χ0n) is 12.3. The Bertz CT molecular complexity index is 941. The molecule has 1 N–H and O–H groups in total. The summed E-state index contributed by atoms with van der Waals surface area (Å²) in [7, 11) is 0. The largest absolute Gasteiger partial charge is 0.361 e. The molecular formula is C13H13N7OS. The third kappa shape index (κ3) is 2.01. The average molecular weight is 315 g/mol. The predicted molar refractivity (Wildman–Crippen MR) is 79.8 cm³/mol. The molecule has 0 saturated heterocycles. The Morgan fingerprint density at radius 2 is 2.14 bits per heavy atom. The second kappa shape index (κ2) is 4.73. The number of H-pyrrole nitrogens is 1. The van der Waals surface area contributed by atoms with E-state index in [-0.39, 0.29) is 0 Å². The van der Waals surface area contributed by atoms with E-state index in [1.54, 1.807) is 4.52 Å². The maximum Gasteiger partial charge on any atom is 0.235 e. The SMILES string of the molecule is Cc1cc(-c2nn3c(Cc4c(C)noc4C)nnc3s2)n[nH]1. The van der Waals surface area contributed by atoms with Crippen LogP contribution in [0.2, 0.25) is 0 Å². The summed E-state index contributed by atoms with van der Waals surface area (Å²) < 4.78 is 6.95. The van der Waals surface area contributed by atoms with Crippen molar-refractivity contribution in [1.82, 2.24) is 35.2 Å². The van der Waals surface area contributed by atoms with E-state index in [0.29, 0.717) is 6.42 Å². The van der Waals surface area contributed by atoms with Gasteiger partial charge in [0, 0.05) is 17.7 Å². The van der Waals surface area contributed by atoms with Crippen LogP contribution >= 0.6 is 11.3 Å². The molecular weight excluding hydrogens is 302 g/mol. The zero-order chi connectivity index (χ0) is 15.3. The maximum atomic E-state index is 5.19. The first kappa shape index (κ1) is 13.1. The van der Waals surface area contributed by atoms with Crippen molar-refractivity contribution in [3.8, 4) is 10.7 Å². The van der Waals surface area contributed by atoms with Crippen LogP contribution in [0.25, 0.3) is 15.7 Å². The van der Waals surface area contributed by atoms with Crippen molar-refractivity contribution in [3.63, 3.8) is 0 Å². The van der Waals surface area contributed by atoms with Crippen LogP contribution in [-0.4, -0.2) is 35.2 Å². The summed E-state index contributed by atoms with van der Waals surface area (Å²) in [5.41, 5.74) is 3.71. The smallest absolute Gasteiger partial charge is 0.235 e. The van der Waals surface area contributed by atoms with Gasteiger partial charge in [0.1, 0.15) is 11.5 Å². The normalized spacial score (nSPS) is 11.6. The summed E-state index contributed by atoms with van der Waals surface area (Å²) in [4.78, 5) is 0.748. The molecule has 0 spiro atoms. The fraction of sp³-hybridized carbons (Fsp3) is 0.308. The molecule has 0 aliphatic rings. The summed E-state index contributed by atoms with van der Waals surface area (Å²) in [6.07, 6.45) is 0.588. The molecule has 8 nitrogen and oxygen atoms in total. The van der Waals surface area contributed by atoms with Crippen LogP contribution in [0.3, 0.4) is 0 Å². The second-order valence-electron chi connectivity index (χ2n) is 5.13. The van der Waals surface area contributed by atoms with Gasteiger partial charge in [-0.2, -0.15) is 14.7 Å². The topological polar surface area (TPSA) is 97.8 Å². The standard InChI is InChI=1S/C13H13N7OS/c1-6-4-10(15-14-6)12-18-20-11(16-17-13(20)22-12)5-9-7(2)19-21-8(9)3/h4H,5H2,1-3H3,(H,14,15). The number of aromatic nitrogens is 7. The first-order chi connectivity index (χ1) is 10.6. The number of hydrogen-bond acceptors (Lipinski definition) is 7. The van der Waals surface area contributed by atoms with E-state index in [9.17, 15) is 0 Å². The molecule has 22 heavy (non-hydrogen) atoms. The number of rotatable bonds is 3. The zero-order valence-corrected chi connectivity index (χ0v) is 13.1. The molecule has 0 unspecified atom stereocenters. The molecule has 0 aromatic carbocycles. The Kier molecular flexibility index (Phi) is 2.83. The number of aromatic amines is 1. The summed E-state index contributed by atoms with van der Waals surface area (Å²) in [6, 6.07) is 1.96. The average Bonchev–Trinajstić information content (AvgIpc) is 3.21. The fourth-order valence-corrected chi connectivity index (χ4v) is 3.13. The van der Waals surface area contributed by atoms with Crippen LogP contribution in [0.15, 0.2) is 10.6 Å². The number of hydrogen-bond donors (Lipinski definition) is 1. The Morgan fingerprint density at radius 3 is 2.82 bits per heavy atom. The van der Waals surface area contributed by atoms with Gasteiger partial charge in [0.25, 0.3) is 0 Å². The second-order valence-corrected chi connectivity index (χ2v) is 6.09. The van der Waals surface area contributed by atoms with Crippen molar-refractivity contribution in [2.24, 2.45) is 0 Å². The van der Waals surface area contributed by atoms with Gasteiger partial charge < -0.3 is 4.52 Å². The van der Waals surface area contributed by atoms with Gasteiger partial charge in [-0.15, -0.1) is 10.2 Å². The van der Waals surface area contributed by atoms with E-state index in [1.807, 2.05) is 26.8 Å². The minimum atomic E-state index is 0.588. The lowest BCUT2D eigenvalue weighted by Crippen LogP contribution is -1.99. The van der Waals surface area contributed by atoms with Gasteiger partial charge in [-0.25, -0.2) is 0 Å². The first-order valence-electron chi connectivity index (χ1n) is 6.77. The van der Waals surface area contributed by atoms with Crippen molar-refractivity contribution in [1.29, 1.82) is 0 Å². The number of aryl methyl sites for hydroxylation is 3. The van der Waals surface area contributed by atoms with Crippen LogP contribution < -0.4 is 0 Å². The molecule has 0 aliphatic heterocycles. The van der Waals surface area contributed by atoms with Gasteiger partial charge in [0.15, 0.2) is 10.8 Å². The Hall–Kier alpha value is -2.55. The Balaban J connectivity index is 1.75. The van der Waals surface area contributed by atoms with Gasteiger partial charge >= 0.3 is 0 Å². The molecule has 0 atom stereocenters. The highest BCUT2D eigenvalue weighted by molar-refractivity contribution is 7.19. The van der Waals surface area contributed by atoms with Crippen molar-refractivity contribution in [2.75, 3.05) is 0 Å². The van der Waals surface area contributed by atoms with Gasteiger partial charge in [0.2, 0.25) is 4.96 Å². The molecule has 0 bridgehead atoms. The maximum absolute atomic E-state index is 5.19. The molecule has 0 radical (unpaired) electrons. The fourth-order valence-electron chi connectivity index (χ4n) is 2.31. The molecule has 0 amide bonds. The van der Waals surface area contributed by atoms with Crippen molar-refractivity contribution in [3.05, 3.63) is 34.6 Å². The molecule has 112 valence electrons. The van der Waals surface area contributed by atoms with E-state index in [1.165, 1.54) is 11.3 Å². The third-order valence-corrected chi connectivity index (χ3v) is 4.42. The molecule has 0 aliphatic carbocycles. The quantitative estimate of drug-likeness (QED) is 0.621. The minimum Gasteiger partial charge on any atom is -0.361 e. The Morgan fingerprint density at radius 1 is 1.27 bits per heavy atom. The molecule has 4 rings (SSSR count). The third-order valence-electron chi connectivity index (χ3n) is 3.50. The van der Waals surface area contributed by atoms with E-state index in [4.69, 9.17) is 4.52 Å². The highest BCUT2D eigenvalue weighted by atomic mass is 32.1. The molecule has 4 aromatic heterocycles. The summed E-state index contributed by atoms with van der Waals surface area (Å²) in [5, 5.41) is 24.9. The molecule has 4 heterocycles. The van der Waals surface area contributed by atoms with Gasteiger partial charge in [-0.1, -0.05) is 16.5 Å². The number of nitrogens with one attached hydrogen (secondary N) is 1. The van der Waals surface area contributed by atoms with E-state index < -0.39 is 0 Å². The lowest BCUT2D eigenvalue weighted by Gasteiger charge is -1.96. The minimum absolute atomic E-state index is 0.588. The molecule has 0 fully saturated rings. The van der Waals surface area contributed by atoms with Crippen LogP contribution in [0.1, 0.15) is 28.5 Å². The highest BCUT2D eigenvalue weighted by Gasteiger charge is 2.18. The monoisotopic (exact) mass is 315 g/mol. The van der Waals surface area contributed by atoms with Crippen molar-refractivity contribution < 1.29 is 4.52 Å². The molecule has 0 saturated carbocycles. The van der Waals surface area contributed by atoms with Gasteiger partial charge in [-0.05, 0) is 26.8 Å². The number of fused-ring (bicyclic) bond motifs is 1. The molecule has 4 aromatic rings. The van der Waals surface area contributed by atoms with E-state index >= 15 is 0 Å². The van der Waals surface area contributed by atoms with Crippen LogP contribution in [0.5, 0.6) is 0 Å². The summed E-state index contributed by atoms with van der Waals surface area (Å²) in [6.45, 7) is 5.77. The first-order valence-corrected chi connectivity index (χ1v) is 7.58. The lowest BCUT2D eigenvalue weighted by atomic mass is 10.1. The molecule has 9 heteroatoms. The van der Waals surface area contributed by atoms with Crippen LogP contribution in [0, 0.1) is 20.8 Å². The predicted octanol–water partition coefficient (Wildman–Crippen LogP) is 2.08. The van der Waals surface area contributed by atoms with Gasteiger partial charge in [-0.3, -0.25) is 5.10 Å². The summed E-state index contributed by atoms with van der Waals surface area (Å²) >= 11 is 1.46. The van der Waals surface area contributed by atoms with Crippen molar-refractivity contribution >= 4 is 16.3 Å². The number of nitrogens with zero attached hydrogens (tertiary/aromatic N) is 6. The van der Waals surface area contributed by atoms with Crippen LogP contribution in [-0.2, 0) is 6.42 Å². The van der Waals surface area contributed by atoms with Crippen molar-refractivity contribution in [2.45, 2.75) is 27.2 Å². The van der Waals surface area contributed by atoms with Crippen LogP contribution in [0.4, 0.5) is 0 Å². The summed E-state index contributed by atoms with van der Waals surface area (Å²) in [5.74, 6) is 1.56. The highest BCUT2D eigenvalue weighted by Crippen LogP contribution is 2.25. The van der Waals surface area contributed by atoms with Gasteiger partial charge in [0.05, 0.1) is 5.69 Å².